The number of ether oxygens (including phenoxy) is 3. The van der Waals surface area contributed by atoms with Crippen LogP contribution in [0.5, 0.6) is 11.5 Å². The average Bonchev–Trinajstić information content (AvgIpc) is 2.98. The van der Waals surface area contributed by atoms with Gasteiger partial charge in [0.2, 0.25) is 5.90 Å². The molecule has 0 amide bonds. The highest BCUT2D eigenvalue weighted by Gasteiger charge is 2.24. The van der Waals surface area contributed by atoms with Gasteiger partial charge >= 0.3 is 5.97 Å². The van der Waals surface area contributed by atoms with Crippen LogP contribution in [0, 0.1) is 3.57 Å². The summed E-state index contributed by atoms with van der Waals surface area (Å²) in [4.78, 5) is 16.5. The maximum Gasteiger partial charge on any atom is 0.363 e. The summed E-state index contributed by atoms with van der Waals surface area (Å²) in [5, 5.41) is 0.395. The molecule has 0 saturated heterocycles. The first-order chi connectivity index (χ1) is 12.5. The fourth-order valence-corrected chi connectivity index (χ4v) is 3.24. The molecule has 1 heterocycles. The molecule has 3 rings (SSSR count). The zero-order valence-corrected chi connectivity index (χ0v) is 17.0. The molecule has 0 spiro atoms. The third kappa shape index (κ3) is 4.02. The van der Waals surface area contributed by atoms with Crippen LogP contribution in [0.15, 0.2) is 47.1 Å². The first kappa shape index (κ1) is 18.7. The molecule has 0 unspecified atom stereocenters. The predicted octanol–water partition coefficient (Wildman–Crippen LogP) is 4.70. The Morgan fingerprint density at radius 3 is 2.81 bits per heavy atom. The Kier molecular flexibility index (Phi) is 5.83. The SMILES string of the molecule is CCOc1c(Cl)cc(C=C2N=C(c3cccc(I)c3)OC2=O)cc1OC. The molecule has 0 radical (unpaired) electrons. The van der Waals surface area contributed by atoms with Crippen LogP contribution in [-0.4, -0.2) is 25.6 Å². The van der Waals surface area contributed by atoms with Crippen molar-refractivity contribution in [2.75, 3.05) is 13.7 Å². The first-order valence-corrected chi connectivity index (χ1v) is 9.26. The van der Waals surface area contributed by atoms with Gasteiger partial charge in [0.15, 0.2) is 17.2 Å². The lowest BCUT2D eigenvalue weighted by molar-refractivity contribution is -0.129. The van der Waals surface area contributed by atoms with Gasteiger partial charge in [-0.1, -0.05) is 17.7 Å². The minimum atomic E-state index is -0.511. The summed E-state index contributed by atoms with van der Waals surface area (Å²) in [5.74, 6) is 0.724. The van der Waals surface area contributed by atoms with Crippen LogP contribution in [0.3, 0.4) is 0 Å². The van der Waals surface area contributed by atoms with Crippen molar-refractivity contribution in [3.05, 3.63) is 61.8 Å². The number of carbonyl (C=O) groups excluding carboxylic acids is 1. The van der Waals surface area contributed by atoms with Gasteiger partial charge in [0.05, 0.1) is 18.7 Å². The van der Waals surface area contributed by atoms with Crippen LogP contribution < -0.4 is 9.47 Å². The highest BCUT2D eigenvalue weighted by atomic mass is 127. The van der Waals surface area contributed by atoms with Gasteiger partial charge in [-0.15, -0.1) is 0 Å². The molecule has 1 aliphatic heterocycles. The molecule has 0 fully saturated rings. The van der Waals surface area contributed by atoms with E-state index in [1.165, 1.54) is 7.11 Å². The van der Waals surface area contributed by atoms with Crippen LogP contribution in [-0.2, 0) is 9.53 Å². The van der Waals surface area contributed by atoms with Crippen molar-refractivity contribution in [2.45, 2.75) is 6.92 Å². The summed E-state index contributed by atoms with van der Waals surface area (Å²) in [7, 11) is 1.53. The van der Waals surface area contributed by atoms with Gasteiger partial charge in [0, 0.05) is 9.13 Å². The number of hydrogen-bond donors (Lipinski definition) is 0. The van der Waals surface area contributed by atoms with Crippen molar-refractivity contribution in [3.63, 3.8) is 0 Å². The van der Waals surface area contributed by atoms with Crippen molar-refractivity contribution < 1.29 is 19.0 Å². The summed E-state index contributed by atoms with van der Waals surface area (Å²) in [6.07, 6.45) is 1.60. The molecule has 2 aromatic rings. The molecule has 7 heteroatoms. The molecule has 0 bridgehead atoms. The van der Waals surface area contributed by atoms with Crippen molar-refractivity contribution in [2.24, 2.45) is 4.99 Å². The zero-order chi connectivity index (χ0) is 18.7. The van der Waals surface area contributed by atoms with Crippen LogP contribution in [0.4, 0.5) is 0 Å². The van der Waals surface area contributed by atoms with E-state index >= 15 is 0 Å². The standard InChI is InChI=1S/C19H15ClINO4/c1-3-25-17-14(20)7-11(9-16(17)24-2)8-15-19(23)26-18(22-15)12-5-4-6-13(21)10-12/h4-10H,3H2,1-2H3. The summed E-state index contributed by atoms with van der Waals surface area (Å²) < 4.78 is 17.1. The van der Waals surface area contributed by atoms with E-state index in [0.717, 1.165) is 9.13 Å². The molecule has 0 saturated carbocycles. The maximum absolute atomic E-state index is 12.2. The Hall–Kier alpha value is -2.06. The molecule has 134 valence electrons. The van der Waals surface area contributed by atoms with E-state index in [1.807, 2.05) is 31.2 Å². The van der Waals surface area contributed by atoms with Crippen LogP contribution >= 0.6 is 34.2 Å². The summed E-state index contributed by atoms with van der Waals surface area (Å²) >= 11 is 8.46. The number of carbonyl (C=O) groups is 1. The number of cyclic esters (lactones) is 1. The van der Waals surface area contributed by atoms with E-state index in [4.69, 9.17) is 25.8 Å². The number of aliphatic imine (C=N–C) groups is 1. The van der Waals surface area contributed by atoms with E-state index in [0.29, 0.717) is 28.7 Å². The van der Waals surface area contributed by atoms with E-state index in [1.54, 1.807) is 18.2 Å². The number of nitrogens with zero attached hydrogens (tertiary/aromatic N) is 1. The molecule has 0 N–H and O–H groups in total. The van der Waals surface area contributed by atoms with Gasteiger partial charge < -0.3 is 14.2 Å². The van der Waals surface area contributed by atoms with Gasteiger partial charge in [-0.05, 0) is 71.5 Å². The van der Waals surface area contributed by atoms with Crippen molar-refractivity contribution in [1.82, 2.24) is 0 Å². The monoisotopic (exact) mass is 483 g/mol. The lowest BCUT2D eigenvalue weighted by atomic mass is 10.1. The number of halogens is 2. The minimum absolute atomic E-state index is 0.196. The predicted molar refractivity (Wildman–Crippen MR) is 109 cm³/mol. The molecule has 1 aliphatic rings. The zero-order valence-electron chi connectivity index (χ0n) is 14.1. The second-order valence-electron chi connectivity index (χ2n) is 5.31. The van der Waals surface area contributed by atoms with Crippen molar-refractivity contribution >= 4 is 52.1 Å². The van der Waals surface area contributed by atoms with E-state index < -0.39 is 5.97 Å². The normalized spacial score (nSPS) is 15.0. The Morgan fingerprint density at radius 1 is 1.31 bits per heavy atom. The van der Waals surface area contributed by atoms with Crippen LogP contribution in [0.1, 0.15) is 18.1 Å². The molecule has 5 nitrogen and oxygen atoms in total. The second kappa shape index (κ2) is 8.09. The molecular weight excluding hydrogens is 469 g/mol. The number of hydrogen-bond acceptors (Lipinski definition) is 5. The van der Waals surface area contributed by atoms with E-state index in [9.17, 15) is 4.79 Å². The molecular formula is C19H15ClINO4. The van der Waals surface area contributed by atoms with Gasteiger partial charge in [0.25, 0.3) is 0 Å². The number of rotatable bonds is 5. The van der Waals surface area contributed by atoms with Crippen LogP contribution in [0.2, 0.25) is 5.02 Å². The Balaban J connectivity index is 1.97. The lowest BCUT2D eigenvalue weighted by Crippen LogP contribution is -2.05. The topological polar surface area (TPSA) is 57.1 Å². The smallest absolute Gasteiger partial charge is 0.363 e. The first-order valence-electron chi connectivity index (χ1n) is 7.80. The largest absolute Gasteiger partial charge is 0.493 e. The molecule has 2 aromatic carbocycles. The third-order valence-electron chi connectivity index (χ3n) is 3.54. The van der Waals surface area contributed by atoms with Gasteiger partial charge in [0.1, 0.15) is 0 Å². The highest BCUT2D eigenvalue weighted by Crippen LogP contribution is 2.37. The fraction of sp³-hybridized carbons (Fsp3) is 0.158. The number of methoxy groups -OCH3 is 1. The lowest BCUT2D eigenvalue weighted by Gasteiger charge is -2.11. The van der Waals surface area contributed by atoms with Gasteiger partial charge in [-0.3, -0.25) is 0 Å². The fourth-order valence-electron chi connectivity index (χ4n) is 2.42. The Labute approximate surface area is 169 Å². The summed E-state index contributed by atoms with van der Waals surface area (Å²) in [5.41, 5.74) is 1.60. The van der Waals surface area contributed by atoms with E-state index in [2.05, 4.69) is 27.6 Å². The van der Waals surface area contributed by atoms with Gasteiger partial charge in [-0.2, -0.15) is 0 Å². The van der Waals surface area contributed by atoms with E-state index in [-0.39, 0.29) is 11.6 Å². The highest BCUT2D eigenvalue weighted by molar-refractivity contribution is 14.1. The minimum Gasteiger partial charge on any atom is -0.493 e. The number of benzene rings is 2. The third-order valence-corrected chi connectivity index (χ3v) is 4.49. The molecule has 0 aliphatic carbocycles. The maximum atomic E-state index is 12.2. The molecule has 26 heavy (non-hydrogen) atoms. The second-order valence-corrected chi connectivity index (χ2v) is 6.97. The van der Waals surface area contributed by atoms with Crippen molar-refractivity contribution in [3.8, 4) is 11.5 Å². The number of esters is 1. The average molecular weight is 484 g/mol. The quantitative estimate of drug-likeness (QED) is 0.352. The van der Waals surface area contributed by atoms with Gasteiger partial charge in [-0.25, -0.2) is 9.79 Å². The summed E-state index contributed by atoms with van der Waals surface area (Å²) in [6.45, 7) is 2.33. The summed E-state index contributed by atoms with van der Waals surface area (Å²) in [6, 6.07) is 11.0. The molecule has 0 atom stereocenters. The Morgan fingerprint density at radius 2 is 2.12 bits per heavy atom. The van der Waals surface area contributed by atoms with Crippen molar-refractivity contribution in [1.29, 1.82) is 0 Å². The molecule has 0 aromatic heterocycles. The Bertz CT molecular complexity index is 924. The van der Waals surface area contributed by atoms with Crippen LogP contribution in [0.25, 0.3) is 6.08 Å².